The largest absolute Gasteiger partial charge is 0.320 e. The molecule has 4 nitrogen and oxygen atoms in total. The van der Waals surface area contributed by atoms with Gasteiger partial charge in [-0.1, -0.05) is 121 Å². The van der Waals surface area contributed by atoms with Crippen LogP contribution in [0.2, 0.25) is 0 Å². The van der Waals surface area contributed by atoms with Crippen LogP contribution in [-0.4, -0.2) is 36.2 Å². The van der Waals surface area contributed by atoms with E-state index in [4.69, 9.17) is 0 Å². The van der Waals surface area contributed by atoms with Crippen LogP contribution >= 0.6 is 0 Å². The van der Waals surface area contributed by atoms with Gasteiger partial charge in [0.2, 0.25) is 0 Å². The van der Waals surface area contributed by atoms with E-state index in [9.17, 15) is 9.59 Å². The Balaban J connectivity index is 1.86. The van der Waals surface area contributed by atoms with Crippen molar-refractivity contribution in [3.8, 4) is 0 Å². The monoisotopic (exact) mass is 476 g/mol. The third-order valence-electron chi connectivity index (χ3n) is 7.14. The molecule has 1 atom stereocenters. The van der Waals surface area contributed by atoms with Crippen LogP contribution in [0.5, 0.6) is 0 Å². The van der Waals surface area contributed by atoms with Gasteiger partial charge in [0.05, 0.1) is 0 Å². The smallest absolute Gasteiger partial charge is 0.307 e. The molecule has 1 saturated heterocycles. The van der Waals surface area contributed by atoms with Crippen molar-refractivity contribution >= 4 is 35.7 Å². The summed E-state index contributed by atoms with van der Waals surface area (Å²) in [6.45, 7) is 4.24. The second kappa shape index (κ2) is 9.00. The van der Waals surface area contributed by atoms with Gasteiger partial charge in [-0.3, -0.25) is 9.36 Å². The molecule has 1 aliphatic rings. The average Bonchev–Trinajstić information content (AvgIpc) is 3.12. The lowest BCUT2D eigenvalue weighted by Gasteiger charge is -2.39. The molecule has 3 amide bonds. The molecule has 35 heavy (non-hydrogen) atoms. The summed E-state index contributed by atoms with van der Waals surface area (Å²) in [4.78, 5) is 30.8. The van der Waals surface area contributed by atoms with Crippen LogP contribution in [0.1, 0.15) is 19.4 Å². The molecule has 1 fully saturated rings. The van der Waals surface area contributed by atoms with Crippen LogP contribution in [0.4, 0.5) is 4.79 Å². The highest BCUT2D eigenvalue weighted by molar-refractivity contribution is 7.11. The number of imide groups is 1. The number of urea groups is 1. The van der Waals surface area contributed by atoms with Crippen LogP contribution in [-0.2, 0) is 10.3 Å². The van der Waals surface area contributed by atoms with Crippen molar-refractivity contribution in [2.75, 3.05) is 6.54 Å². The number of carbonyl (C=O) groups excluding carboxylic acids is 2. The predicted octanol–water partition coefficient (Wildman–Crippen LogP) is 3.85. The summed E-state index contributed by atoms with van der Waals surface area (Å²) >= 11 is 0. The lowest BCUT2D eigenvalue weighted by molar-refractivity contribution is -0.130. The molecule has 0 spiro atoms. The zero-order valence-corrected chi connectivity index (χ0v) is 21.0. The highest BCUT2D eigenvalue weighted by Gasteiger charge is 2.63. The summed E-state index contributed by atoms with van der Waals surface area (Å²) in [6.07, 6.45) is 0. The molecule has 0 bridgehead atoms. The average molecular weight is 477 g/mol. The van der Waals surface area contributed by atoms with Gasteiger partial charge in [-0.2, -0.15) is 0 Å². The van der Waals surface area contributed by atoms with Crippen molar-refractivity contribution in [1.82, 2.24) is 9.47 Å². The number of hydrogen-bond donors (Lipinski definition) is 0. The Kier molecular flexibility index (Phi) is 5.87. The first-order valence-corrected chi connectivity index (χ1v) is 13.9. The minimum Gasteiger partial charge on any atom is -0.307 e. The van der Waals surface area contributed by atoms with Gasteiger partial charge in [-0.15, -0.1) is 0 Å². The number of nitrogens with zero attached hydrogens (tertiary/aromatic N) is 2. The second-order valence-corrected chi connectivity index (χ2v) is 12.5. The Labute approximate surface area is 207 Å². The van der Waals surface area contributed by atoms with Gasteiger partial charge in [0.25, 0.3) is 14.1 Å². The quantitative estimate of drug-likeness (QED) is 0.241. The van der Waals surface area contributed by atoms with E-state index < -0.39 is 13.8 Å². The molecule has 1 aliphatic heterocycles. The molecule has 0 N–H and O–H groups in total. The van der Waals surface area contributed by atoms with E-state index in [-0.39, 0.29) is 11.9 Å². The predicted molar refractivity (Wildman–Crippen MR) is 142 cm³/mol. The molecule has 0 aliphatic carbocycles. The summed E-state index contributed by atoms with van der Waals surface area (Å²) in [5, 5.41) is 2.98. The molecule has 5 rings (SSSR count). The zero-order chi connectivity index (χ0) is 24.5. The SMILES string of the molecule is CCN1C(=O)N([Si](c2ccccc2)(c2ccccc2)c2ccccc2)C(=O)C1(C)c1ccccc1. The van der Waals surface area contributed by atoms with Crippen molar-refractivity contribution in [1.29, 1.82) is 0 Å². The zero-order valence-electron chi connectivity index (χ0n) is 20.0. The Morgan fingerprint density at radius 3 is 1.37 bits per heavy atom. The van der Waals surface area contributed by atoms with Crippen LogP contribution in [0, 0.1) is 0 Å². The lowest BCUT2D eigenvalue weighted by atomic mass is 9.91. The minimum absolute atomic E-state index is 0.182. The fourth-order valence-electron chi connectivity index (χ4n) is 5.45. The minimum atomic E-state index is -3.30. The lowest BCUT2D eigenvalue weighted by Crippen LogP contribution is -2.78. The first-order valence-electron chi connectivity index (χ1n) is 11.9. The molecule has 4 aromatic rings. The van der Waals surface area contributed by atoms with E-state index in [0.29, 0.717) is 6.54 Å². The highest BCUT2D eigenvalue weighted by atomic mass is 28.3. The normalized spacial score (nSPS) is 18.2. The maximum absolute atomic E-state index is 14.7. The van der Waals surface area contributed by atoms with Gasteiger partial charge in [0.1, 0.15) is 5.54 Å². The second-order valence-electron chi connectivity index (χ2n) is 8.91. The maximum atomic E-state index is 14.7. The maximum Gasteiger partial charge on any atom is 0.320 e. The molecular formula is C30H28N2O2Si. The van der Waals surface area contributed by atoms with Crippen LogP contribution in [0.3, 0.4) is 0 Å². The van der Waals surface area contributed by atoms with Gasteiger partial charge in [0, 0.05) is 6.54 Å². The molecule has 1 heterocycles. The summed E-state index contributed by atoms with van der Waals surface area (Å²) in [7, 11) is -3.30. The van der Waals surface area contributed by atoms with Gasteiger partial charge < -0.3 is 4.90 Å². The first kappa shape index (κ1) is 22.8. The summed E-state index contributed by atoms with van der Waals surface area (Å²) < 4.78 is 1.63. The van der Waals surface area contributed by atoms with Crippen molar-refractivity contribution in [3.63, 3.8) is 0 Å². The van der Waals surface area contributed by atoms with Crippen molar-refractivity contribution in [2.24, 2.45) is 0 Å². The van der Waals surface area contributed by atoms with Crippen LogP contribution < -0.4 is 15.6 Å². The van der Waals surface area contributed by atoms with Crippen molar-refractivity contribution in [2.45, 2.75) is 19.4 Å². The highest BCUT2D eigenvalue weighted by Crippen LogP contribution is 2.39. The van der Waals surface area contributed by atoms with E-state index in [2.05, 4.69) is 36.4 Å². The molecule has 1 unspecified atom stereocenters. The van der Waals surface area contributed by atoms with Crippen LogP contribution in [0.15, 0.2) is 121 Å². The number of carbonyl (C=O) groups is 2. The number of likely N-dealkylation sites (N-methyl/N-ethyl adjacent to an activating group) is 1. The van der Waals surface area contributed by atoms with E-state index in [0.717, 1.165) is 21.1 Å². The van der Waals surface area contributed by atoms with Gasteiger partial charge >= 0.3 is 6.03 Å². The van der Waals surface area contributed by atoms with Crippen molar-refractivity contribution < 1.29 is 9.59 Å². The van der Waals surface area contributed by atoms with E-state index in [1.54, 1.807) is 9.47 Å². The van der Waals surface area contributed by atoms with E-state index in [1.807, 2.05) is 98.8 Å². The Bertz CT molecular complexity index is 1230. The summed E-state index contributed by atoms with van der Waals surface area (Å²) in [6, 6.07) is 39.6. The Hall–Kier alpha value is -3.96. The molecule has 4 aromatic carbocycles. The standard InChI is InChI=1S/C30H28N2O2Si/c1-3-31-29(34)32(28(33)30(31,2)24-16-8-4-9-17-24)35(25-18-10-5-11-19-25,26-20-12-6-13-21-26)27-22-14-7-15-23-27/h4-23H,3H2,1-2H3. The fourth-order valence-corrected chi connectivity index (χ4v) is 10.2. The topological polar surface area (TPSA) is 40.6 Å². The number of rotatable bonds is 6. The first-order chi connectivity index (χ1) is 17.1. The molecule has 0 aromatic heterocycles. The van der Waals surface area contributed by atoms with Crippen LogP contribution in [0.25, 0.3) is 0 Å². The Morgan fingerprint density at radius 2 is 1.00 bits per heavy atom. The summed E-state index contributed by atoms with van der Waals surface area (Å²) in [5.74, 6) is -0.182. The van der Waals surface area contributed by atoms with Crippen molar-refractivity contribution in [3.05, 3.63) is 127 Å². The summed E-state index contributed by atoms with van der Waals surface area (Å²) in [5.41, 5.74) is -0.274. The number of hydrogen-bond acceptors (Lipinski definition) is 2. The number of benzene rings is 4. The van der Waals surface area contributed by atoms with E-state index in [1.165, 1.54) is 0 Å². The molecule has 0 radical (unpaired) electrons. The Morgan fingerprint density at radius 1 is 0.629 bits per heavy atom. The molecular weight excluding hydrogens is 448 g/mol. The third kappa shape index (κ3) is 3.34. The van der Waals surface area contributed by atoms with E-state index >= 15 is 0 Å². The van der Waals surface area contributed by atoms with Gasteiger partial charge in [0.15, 0.2) is 0 Å². The molecule has 174 valence electrons. The van der Waals surface area contributed by atoms with Gasteiger partial charge in [-0.05, 0) is 35.0 Å². The number of amides is 3. The molecule has 0 saturated carbocycles. The van der Waals surface area contributed by atoms with Gasteiger partial charge in [-0.25, -0.2) is 4.79 Å². The third-order valence-corrected chi connectivity index (χ3v) is 11.7. The fraction of sp³-hybridized carbons (Fsp3) is 0.133. The molecule has 5 heteroatoms.